The quantitative estimate of drug-likeness (QED) is 0.634. The van der Waals surface area contributed by atoms with Crippen LogP contribution in [0.3, 0.4) is 0 Å². The van der Waals surface area contributed by atoms with Crippen LogP contribution in [0.1, 0.15) is 74.1 Å². The largest absolute Gasteiger partial charge is 0.510 e. The molecule has 1 saturated carbocycles. The van der Waals surface area contributed by atoms with Gasteiger partial charge in [-0.15, -0.1) is 0 Å². The molecule has 2 aliphatic rings. The van der Waals surface area contributed by atoms with Crippen LogP contribution in [-0.2, 0) is 20.7 Å². The second-order valence-corrected chi connectivity index (χ2v) is 8.65. The second kappa shape index (κ2) is 9.64. The lowest BCUT2D eigenvalue weighted by atomic mass is 9.83. The minimum Gasteiger partial charge on any atom is -0.435 e. The summed E-state index contributed by atoms with van der Waals surface area (Å²) in [7, 11) is 0. The molecule has 1 heterocycles. The fourth-order valence-electron chi connectivity index (χ4n) is 5.24. The van der Waals surface area contributed by atoms with E-state index >= 15 is 0 Å². The summed E-state index contributed by atoms with van der Waals surface area (Å²) in [6.45, 7) is 8.24. The molecule has 1 amide bonds. The van der Waals surface area contributed by atoms with E-state index in [0.717, 1.165) is 36.0 Å². The van der Waals surface area contributed by atoms with Crippen molar-refractivity contribution in [3.8, 4) is 0 Å². The van der Waals surface area contributed by atoms with Crippen LogP contribution in [0.25, 0.3) is 0 Å². The third-order valence-electron chi connectivity index (χ3n) is 6.52. The van der Waals surface area contributed by atoms with E-state index in [1.807, 2.05) is 4.90 Å². The first kappa shape index (κ1) is 21.7. The summed E-state index contributed by atoms with van der Waals surface area (Å²) in [4.78, 5) is 27.4. The van der Waals surface area contributed by atoms with E-state index < -0.39 is 12.4 Å². The first-order valence-corrected chi connectivity index (χ1v) is 11.1. The molecule has 0 bridgehead atoms. The number of benzene rings is 1. The number of aryl methyl sites for hydroxylation is 3. The van der Waals surface area contributed by atoms with E-state index in [4.69, 9.17) is 9.47 Å². The molecule has 2 unspecified atom stereocenters. The molecule has 2 atom stereocenters. The number of likely N-dealkylation sites (tertiary alicyclic amines) is 1. The molecular formula is C24H35NO4. The van der Waals surface area contributed by atoms with E-state index in [1.54, 1.807) is 6.92 Å². The smallest absolute Gasteiger partial charge is 0.435 e. The van der Waals surface area contributed by atoms with Crippen molar-refractivity contribution >= 4 is 12.1 Å². The lowest BCUT2D eigenvalue weighted by Crippen LogP contribution is -2.47. The van der Waals surface area contributed by atoms with Gasteiger partial charge in [-0.2, -0.15) is 0 Å². The van der Waals surface area contributed by atoms with Crippen LogP contribution in [0.15, 0.2) is 12.1 Å². The van der Waals surface area contributed by atoms with Gasteiger partial charge >= 0.3 is 6.16 Å². The average Bonchev–Trinajstić information content (AvgIpc) is 3.09. The number of rotatable bonds is 5. The highest BCUT2D eigenvalue weighted by Gasteiger charge is 2.43. The Morgan fingerprint density at radius 1 is 1.00 bits per heavy atom. The Bertz CT molecular complexity index is 715. The number of nitrogens with zero attached hydrogens (tertiary/aromatic N) is 1. The Labute approximate surface area is 174 Å². The van der Waals surface area contributed by atoms with Crippen LogP contribution in [0.4, 0.5) is 4.79 Å². The zero-order chi connectivity index (χ0) is 21.0. The van der Waals surface area contributed by atoms with E-state index in [2.05, 4.69) is 32.9 Å². The monoisotopic (exact) mass is 401 g/mol. The molecule has 0 aromatic heterocycles. The van der Waals surface area contributed by atoms with Crippen LogP contribution in [0.5, 0.6) is 0 Å². The van der Waals surface area contributed by atoms with Crippen LogP contribution in [-0.4, -0.2) is 35.8 Å². The summed E-state index contributed by atoms with van der Waals surface area (Å²) in [5.74, 6) is 0.561. The SMILES string of the molecule is CCOC(=O)OC1CCC(C2CCCCC2)N1C(=O)Cc1c(C)cc(C)cc1C. The van der Waals surface area contributed by atoms with Gasteiger partial charge in [0.1, 0.15) is 0 Å². The minimum atomic E-state index is -0.678. The molecule has 1 aliphatic carbocycles. The average molecular weight is 402 g/mol. The Morgan fingerprint density at radius 2 is 1.66 bits per heavy atom. The number of ether oxygens (including phenoxy) is 2. The Hall–Kier alpha value is -2.04. The molecule has 0 radical (unpaired) electrons. The van der Waals surface area contributed by atoms with E-state index in [9.17, 15) is 9.59 Å². The van der Waals surface area contributed by atoms with Crippen molar-refractivity contribution in [2.45, 2.75) is 91.3 Å². The van der Waals surface area contributed by atoms with Gasteiger partial charge in [-0.25, -0.2) is 4.79 Å². The highest BCUT2D eigenvalue weighted by Crippen LogP contribution is 2.38. The molecule has 2 fully saturated rings. The summed E-state index contributed by atoms with van der Waals surface area (Å²) < 4.78 is 10.6. The summed E-state index contributed by atoms with van der Waals surface area (Å²) >= 11 is 0. The van der Waals surface area contributed by atoms with Gasteiger partial charge in [0.05, 0.1) is 13.0 Å². The van der Waals surface area contributed by atoms with Crippen LogP contribution in [0, 0.1) is 26.7 Å². The van der Waals surface area contributed by atoms with Gasteiger partial charge in [0, 0.05) is 12.5 Å². The number of hydrogen-bond acceptors (Lipinski definition) is 4. The molecule has 160 valence electrons. The molecule has 5 heteroatoms. The summed E-state index contributed by atoms with van der Waals surface area (Å²) in [6, 6.07) is 4.42. The van der Waals surface area contributed by atoms with Crippen molar-refractivity contribution in [2.75, 3.05) is 6.61 Å². The van der Waals surface area contributed by atoms with E-state index in [1.165, 1.54) is 24.8 Å². The second-order valence-electron chi connectivity index (χ2n) is 8.65. The Kier molecular flexibility index (Phi) is 7.20. The maximum atomic E-state index is 13.5. The minimum absolute atomic E-state index is 0.0578. The predicted molar refractivity (Wildman–Crippen MR) is 113 cm³/mol. The summed E-state index contributed by atoms with van der Waals surface area (Å²) in [5, 5.41) is 0. The maximum absolute atomic E-state index is 13.5. The number of amides is 1. The molecule has 1 aromatic carbocycles. The fourth-order valence-corrected chi connectivity index (χ4v) is 5.24. The third kappa shape index (κ3) is 5.12. The molecule has 3 rings (SSSR count). The highest BCUT2D eigenvalue weighted by molar-refractivity contribution is 5.80. The number of hydrogen-bond donors (Lipinski definition) is 0. The van der Waals surface area contributed by atoms with Gasteiger partial charge in [0.25, 0.3) is 0 Å². The Balaban J connectivity index is 1.82. The van der Waals surface area contributed by atoms with Gasteiger partial charge in [-0.05, 0) is 69.6 Å². The number of carbonyl (C=O) groups is 2. The topological polar surface area (TPSA) is 55.8 Å². The zero-order valence-corrected chi connectivity index (χ0v) is 18.3. The standard InChI is InChI=1S/C24H35NO4/c1-5-28-24(27)29-23-12-11-21(19-9-7-6-8-10-19)25(23)22(26)15-20-17(3)13-16(2)14-18(20)4/h13-14,19,21,23H,5-12,15H2,1-4H3. The van der Waals surface area contributed by atoms with Crippen LogP contribution >= 0.6 is 0 Å². The lowest BCUT2D eigenvalue weighted by Gasteiger charge is -2.36. The maximum Gasteiger partial charge on any atom is 0.510 e. The molecule has 5 nitrogen and oxygen atoms in total. The van der Waals surface area contributed by atoms with Crippen molar-refractivity contribution in [1.29, 1.82) is 0 Å². The number of carbonyl (C=O) groups excluding carboxylic acids is 2. The molecule has 1 aromatic rings. The Morgan fingerprint density at radius 3 is 2.28 bits per heavy atom. The van der Waals surface area contributed by atoms with Crippen molar-refractivity contribution in [2.24, 2.45) is 5.92 Å². The molecule has 0 spiro atoms. The van der Waals surface area contributed by atoms with Gasteiger partial charge in [0.15, 0.2) is 6.23 Å². The first-order valence-electron chi connectivity index (χ1n) is 11.1. The lowest BCUT2D eigenvalue weighted by molar-refractivity contribution is -0.143. The fraction of sp³-hybridized carbons (Fsp3) is 0.667. The highest BCUT2D eigenvalue weighted by atomic mass is 16.7. The normalized spacial score (nSPS) is 22.6. The van der Waals surface area contributed by atoms with Gasteiger partial charge in [-0.3, -0.25) is 4.79 Å². The van der Waals surface area contributed by atoms with Gasteiger partial charge in [-0.1, -0.05) is 37.0 Å². The van der Waals surface area contributed by atoms with Crippen molar-refractivity contribution < 1.29 is 19.1 Å². The van der Waals surface area contributed by atoms with Crippen LogP contribution in [0.2, 0.25) is 0 Å². The van der Waals surface area contributed by atoms with Gasteiger partial charge in [0.2, 0.25) is 5.91 Å². The first-order chi connectivity index (χ1) is 13.9. The van der Waals surface area contributed by atoms with Crippen molar-refractivity contribution in [3.05, 3.63) is 34.4 Å². The summed E-state index contributed by atoms with van der Waals surface area (Å²) in [6.07, 6.45) is 6.79. The molecule has 29 heavy (non-hydrogen) atoms. The van der Waals surface area contributed by atoms with Gasteiger partial charge < -0.3 is 14.4 Å². The molecule has 0 N–H and O–H groups in total. The van der Waals surface area contributed by atoms with E-state index in [-0.39, 0.29) is 18.6 Å². The third-order valence-corrected chi connectivity index (χ3v) is 6.52. The van der Waals surface area contributed by atoms with E-state index in [0.29, 0.717) is 18.8 Å². The molecule has 1 saturated heterocycles. The zero-order valence-electron chi connectivity index (χ0n) is 18.3. The van der Waals surface area contributed by atoms with Crippen molar-refractivity contribution in [1.82, 2.24) is 4.90 Å². The molecule has 1 aliphatic heterocycles. The molecular weight excluding hydrogens is 366 g/mol. The van der Waals surface area contributed by atoms with Crippen molar-refractivity contribution in [3.63, 3.8) is 0 Å². The van der Waals surface area contributed by atoms with Crippen LogP contribution < -0.4 is 0 Å². The predicted octanol–water partition coefficient (Wildman–Crippen LogP) is 5.22. The summed E-state index contributed by atoms with van der Waals surface area (Å²) in [5.41, 5.74) is 4.59.